The Bertz CT molecular complexity index is 456. The van der Waals surface area contributed by atoms with Crippen LogP contribution in [-0.4, -0.2) is 11.9 Å². The summed E-state index contributed by atoms with van der Waals surface area (Å²) in [5.41, 5.74) is 0. The van der Waals surface area contributed by atoms with Crippen LogP contribution in [0.25, 0.3) is 0 Å². The zero-order valence-corrected chi connectivity index (χ0v) is 12.4. The number of hydrogen-bond donors (Lipinski definition) is 0. The van der Waals surface area contributed by atoms with Crippen LogP contribution in [0.5, 0.6) is 5.75 Å². The molecule has 0 amide bonds. The molecule has 1 nitrogen and oxygen atoms in total. The van der Waals surface area contributed by atoms with Gasteiger partial charge in [0.25, 0.3) is 0 Å². The van der Waals surface area contributed by atoms with E-state index in [-0.39, 0.29) is 0 Å². The molecular formula is C15H15BrOS. The molecule has 0 saturated carbocycles. The van der Waals surface area contributed by atoms with E-state index in [1.165, 1.54) is 9.79 Å². The third-order valence-electron chi connectivity index (χ3n) is 2.35. The van der Waals surface area contributed by atoms with Gasteiger partial charge in [-0.1, -0.05) is 45.9 Å². The summed E-state index contributed by atoms with van der Waals surface area (Å²) in [5, 5.41) is 0.981. The Kier molecular flexibility index (Phi) is 5.62. The molecule has 94 valence electrons. The number of hydrogen-bond acceptors (Lipinski definition) is 2. The molecule has 2 aromatic rings. The number of rotatable bonds is 6. The van der Waals surface area contributed by atoms with Gasteiger partial charge in [0.2, 0.25) is 0 Å². The van der Waals surface area contributed by atoms with Gasteiger partial charge in [-0.05, 0) is 42.8 Å². The third-order valence-corrected chi connectivity index (χ3v) is 3.93. The van der Waals surface area contributed by atoms with Crippen LogP contribution in [0.1, 0.15) is 6.42 Å². The van der Waals surface area contributed by atoms with Gasteiger partial charge >= 0.3 is 0 Å². The van der Waals surface area contributed by atoms with Gasteiger partial charge in [0.1, 0.15) is 5.75 Å². The Morgan fingerprint density at radius 3 is 2.22 bits per heavy atom. The minimum atomic E-state index is 0.760. The maximum Gasteiger partial charge on any atom is 0.119 e. The minimum absolute atomic E-state index is 0.760. The van der Waals surface area contributed by atoms with Crippen LogP contribution in [0.3, 0.4) is 0 Å². The van der Waals surface area contributed by atoms with Gasteiger partial charge in [0.15, 0.2) is 0 Å². The normalized spacial score (nSPS) is 10.3. The van der Waals surface area contributed by atoms with Gasteiger partial charge in [-0.2, -0.15) is 0 Å². The van der Waals surface area contributed by atoms with Gasteiger partial charge in [0.05, 0.1) is 6.61 Å². The van der Waals surface area contributed by atoms with E-state index in [1.807, 2.05) is 18.2 Å². The van der Waals surface area contributed by atoms with E-state index in [1.54, 1.807) is 11.8 Å². The molecular weight excluding hydrogens is 308 g/mol. The predicted molar refractivity (Wildman–Crippen MR) is 80.9 cm³/mol. The van der Waals surface area contributed by atoms with E-state index in [4.69, 9.17) is 4.74 Å². The van der Waals surface area contributed by atoms with E-state index in [0.29, 0.717) is 0 Å². The highest BCUT2D eigenvalue weighted by molar-refractivity contribution is 9.09. The second-order valence-corrected chi connectivity index (χ2v) is 5.72. The zero-order chi connectivity index (χ0) is 12.6. The molecule has 18 heavy (non-hydrogen) atoms. The lowest BCUT2D eigenvalue weighted by atomic mass is 10.3. The average Bonchev–Trinajstić information content (AvgIpc) is 2.42. The molecule has 0 spiro atoms. The van der Waals surface area contributed by atoms with Crippen LogP contribution in [-0.2, 0) is 0 Å². The Hall–Kier alpha value is -0.930. The van der Waals surface area contributed by atoms with E-state index >= 15 is 0 Å². The lowest BCUT2D eigenvalue weighted by Gasteiger charge is -2.06. The highest BCUT2D eigenvalue weighted by atomic mass is 79.9. The number of ether oxygens (including phenoxy) is 1. The van der Waals surface area contributed by atoms with Crippen molar-refractivity contribution < 1.29 is 4.74 Å². The first-order valence-electron chi connectivity index (χ1n) is 5.90. The van der Waals surface area contributed by atoms with E-state index in [9.17, 15) is 0 Å². The maximum atomic E-state index is 5.61. The lowest BCUT2D eigenvalue weighted by molar-refractivity contribution is 0.319. The van der Waals surface area contributed by atoms with Crippen LogP contribution < -0.4 is 4.74 Å². The lowest BCUT2D eigenvalue weighted by Crippen LogP contribution is -1.97. The summed E-state index contributed by atoms with van der Waals surface area (Å²) in [7, 11) is 0. The molecule has 2 aromatic carbocycles. The van der Waals surface area contributed by atoms with Crippen LogP contribution in [0.15, 0.2) is 64.4 Å². The van der Waals surface area contributed by atoms with Crippen LogP contribution in [0, 0.1) is 0 Å². The summed E-state index contributed by atoms with van der Waals surface area (Å²) in [5.74, 6) is 0.938. The Labute approximate surface area is 121 Å². The van der Waals surface area contributed by atoms with Gasteiger partial charge in [0, 0.05) is 15.1 Å². The Morgan fingerprint density at radius 2 is 1.56 bits per heavy atom. The number of benzene rings is 2. The second kappa shape index (κ2) is 7.49. The van der Waals surface area contributed by atoms with Gasteiger partial charge in [-0.15, -0.1) is 0 Å². The molecule has 0 fully saturated rings. The first kappa shape index (κ1) is 13.5. The molecule has 0 bridgehead atoms. The van der Waals surface area contributed by atoms with Crippen molar-refractivity contribution in [3.8, 4) is 5.75 Å². The zero-order valence-electron chi connectivity index (χ0n) is 10.0. The predicted octanol–water partition coefficient (Wildman–Crippen LogP) is 5.00. The molecule has 0 saturated heterocycles. The summed E-state index contributed by atoms with van der Waals surface area (Å²) >= 11 is 5.15. The van der Waals surface area contributed by atoms with Crippen molar-refractivity contribution in [3.63, 3.8) is 0 Å². The minimum Gasteiger partial charge on any atom is -0.494 e. The fourth-order valence-corrected chi connectivity index (χ4v) is 2.54. The quantitative estimate of drug-likeness (QED) is 0.546. The fraction of sp³-hybridized carbons (Fsp3) is 0.200. The summed E-state index contributed by atoms with van der Waals surface area (Å²) in [6.45, 7) is 0.760. The van der Waals surface area contributed by atoms with Crippen molar-refractivity contribution in [1.29, 1.82) is 0 Å². The summed E-state index contributed by atoms with van der Waals surface area (Å²) in [4.78, 5) is 2.49. The SMILES string of the molecule is BrCCCOc1ccc(Sc2ccccc2)cc1. The first-order valence-corrected chi connectivity index (χ1v) is 7.84. The molecule has 0 aromatic heterocycles. The molecule has 0 radical (unpaired) electrons. The summed E-state index contributed by atoms with van der Waals surface area (Å²) < 4.78 is 5.61. The van der Waals surface area contributed by atoms with Gasteiger partial charge < -0.3 is 4.74 Å². The Morgan fingerprint density at radius 1 is 0.889 bits per heavy atom. The average molecular weight is 323 g/mol. The topological polar surface area (TPSA) is 9.23 Å². The van der Waals surface area contributed by atoms with Crippen molar-refractivity contribution in [3.05, 3.63) is 54.6 Å². The molecule has 2 rings (SSSR count). The van der Waals surface area contributed by atoms with Crippen molar-refractivity contribution in [2.75, 3.05) is 11.9 Å². The summed E-state index contributed by atoms with van der Waals surface area (Å²) in [6, 6.07) is 18.6. The van der Waals surface area contributed by atoms with Crippen molar-refractivity contribution in [1.82, 2.24) is 0 Å². The third kappa shape index (κ3) is 4.39. The molecule has 0 N–H and O–H groups in total. The van der Waals surface area contributed by atoms with Crippen LogP contribution in [0.2, 0.25) is 0 Å². The van der Waals surface area contributed by atoms with Gasteiger partial charge in [-0.25, -0.2) is 0 Å². The number of halogens is 1. The Balaban J connectivity index is 1.91. The molecule has 3 heteroatoms. The van der Waals surface area contributed by atoms with Crippen LogP contribution in [0.4, 0.5) is 0 Å². The van der Waals surface area contributed by atoms with E-state index < -0.39 is 0 Å². The van der Waals surface area contributed by atoms with Gasteiger partial charge in [-0.3, -0.25) is 0 Å². The smallest absolute Gasteiger partial charge is 0.119 e. The second-order valence-electron chi connectivity index (χ2n) is 3.78. The van der Waals surface area contributed by atoms with E-state index in [2.05, 4.69) is 52.3 Å². The molecule has 0 unspecified atom stereocenters. The maximum absolute atomic E-state index is 5.61. The first-order chi connectivity index (χ1) is 8.88. The monoisotopic (exact) mass is 322 g/mol. The molecule has 0 atom stereocenters. The molecule has 0 aliphatic carbocycles. The van der Waals surface area contributed by atoms with Crippen LogP contribution >= 0.6 is 27.7 Å². The highest BCUT2D eigenvalue weighted by Gasteiger charge is 1.98. The highest BCUT2D eigenvalue weighted by Crippen LogP contribution is 2.28. The fourth-order valence-electron chi connectivity index (χ4n) is 1.47. The van der Waals surface area contributed by atoms with E-state index in [0.717, 1.165) is 24.1 Å². The summed E-state index contributed by atoms with van der Waals surface area (Å²) in [6.07, 6.45) is 1.03. The molecule has 0 heterocycles. The molecule has 0 aliphatic heterocycles. The van der Waals surface area contributed by atoms with Crippen molar-refractivity contribution in [2.24, 2.45) is 0 Å². The number of alkyl halides is 1. The standard InChI is InChI=1S/C15H15BrOS/c16-11-4-12-17-13-7-9-15(10-8-13)18-14-5-2-1-3-6-14/h1-3,5-10H,4,11-12H2. The van der Waals surface area contributed by atoms with Crippen molar-refractivity contribution in [2.45, 2.75) is 16.2 Å². The molecule has 0 aliphatic rings. The van der Waals surface area contributed by atoms with Crippen molar-refractivity contribution >= 4 is 27.7 Å². The largest absolute Gasteiger partial charge is 0.494 e.